The largest absolute Gasteiger partial charge is 0.466 e. The van der Waals surface area contributed by atoms with Crippen LogP contribution in [0.1, 0.15) is 66.7 Å². The van der Waals surface area contributed by atoms with Gasteiger partial charge in [0.1, 0.15) is 11.6 Å². The summed E-state index contributed by atoms with van der Waals surface area (Å²) in [5.74, 6) is -3.04. The summed E-state index contributed by atoms with van der Waals surface area (Å²) < 4.78 is 20.9. The van der Waals surface area contributed by atoms with Crippen LogP contribution in [0, 0.1) is 17.8 Å². The molecule has 2 N–H and O–H groups in total. The fourth-order valence-electron chi connectivity index (χ4n) is 4.25. The van der Waals surface area contributed by atoms with Gasteiger partial charge in [0.15, 0.2) is 0 Å². The molecule has 0 aliphatic heterocycles. The summed E-state index contributed by atoms with van der Waals surface area (Å²) in [5, 5.41) is 5.39. The summed E-state index contributed by atoms with van der Waals surface area (Å²) in [4.78, 5) is 49.8. The second-order valence-corrected chi connectivity index (χ2v) is 9.47. The highest BCUT2D eigenvalue weighted by Crippen LogP contribution is 2.50. The number of nitrogens with one attached hydrogen (secondary N) is 2. The number of hydrogen-bond donors (Lipinski definition) is 2. The lowest BCUT2D eigenvalue weighted by molar-refractivity contribution is -0.147. The topological polar surface area (TPSA) is 129 Å². The van der Waals surface area contributed by atoms with E-state index in [0.717, 1.165) is 32.1 Å². The maximum absolute atomic E-state index is 12.6. The van der Waals surface area contributed by atoms with Crippen molar-refractivity contribution in [3.8, 4) is 0 Å². The molecule has 2 aliphatic carbocycles. The molecule has 2 amide bonds. The third kappa shape index (κ3) is 8.40. The van der Waals surface area contributed by atoms with E-state index in [1.807, 2.05) is 0 Å². The molecular weight excluding hydrogens is 432 g/mol. The molecule has 2 fully saturated rings. The van der Waals surface area contributed by atoms with Crippen molar-refractivity contribution in [1.82, 2.24) is 10.6 Å². The van der Waals surface area contributed by atoms with E-state index in [0.29, 0.717) is 0 Å². The first-order valence-corrected chi connectivity index (χ1v) is 11.8. The lowest BCUT2D eigenvalue weighted by Gasteiger charge is -2.23. The summed E-state index contributed by atoms with van der Waals surface area (Å²) in [7, 11) is 0. The third-order valence-corrected chi connectivity index (χ3v) is 5.72. The molecule has 188 valence electrons. The molecule has 0 saturated heterocycles. The molecule has 0 aromatic carbocycles. The van der Waals surface area contributed by atoms with E-state index in [9.17, 15) is 19.2 Å². The van der Waals surface area contributed by atoms with Gasteiger partial charge in [0.25, 0.3) is 0 Å². The van der Waals surface area contributed by atoms with E-state index in [2.05, 4.69) is 10.6 Å². The highest BCUT2D eigenvalue weighted by molar-refractivity contribution is 5.85. The number of rotatable bonds is 9. The smallest absolute Gasteiger partial charge is 0.408 e. The molecule has 2 rings (SSSR count). The van der Waals surface area contributed by atoms with Crippen LogP contribution < -0.4 is 10.6 Å². The van der Waals surface area contributed by atoms with Gasteiger partial charge in [-0.25, -0.2) is 14.4 Å². The minimum atomic E-state index is -1.13. The Labute approximate surface area is 195 Å². The minimum absolute atomic E-state index is 0.0847. The van der Waals surface area contributed by atoms with Gasteiger partial charge in [-0.2, -0.15) is 0 Å². The van der Waals surface area contributed by atoms with Gasteiger partial charge in [-0.3, -0.25) is 4.79 Å². The van der Waals surface area contributed by atoms with Crippen molar-refractivity contribution in [1.29, 1.82) is 0 Å². The normalized spacial score (nSPS) is 23.6. The van der Waals surface area contributed by atoms with Crippen LogP contribution in [0.2, 0.25) is 0 Å². The van der Waals surface area contributed by atoms with Gasteiger partial charge < -0.3 is 29.6 Å². The Hall–Kier alpha value is -2.52. The maximum Gasteiger partial charge on any atom is 0.408 e. The number of esters is 2. The fraction of sp³-hybridized carbons (Fsp3) is 0.826. The van der Waals surface area contributed by atoms with E-state index in [1.54, 1.807) is 34.6 Å². The summed E-state index contributed by atoms with van der Waals surface area (Å²) in [5.41, 5.74) is -0.771. The van der Waals surface area contributed by atoms with E-state index < -0.39 is 53.5 Å². The van der Waals surface area contributed by atoms with Crippen molar-refractivity contribution < 1.29 is 38.1 Å². The highest BCUT2D eigenvalue weighted by Gasteiger charge is 2.62. The molecule has 2 aliphatic rings. The quantitative estimate of drug-likeness (QED) is 0.389. The van der Waals surface area contributed by atoms with Gasteiger partial charge in [-0.1, -0.05) is 19.3 Å². The van der Waals surface area contributed by atoms with Crippen LogP contribution in [-0.2, 0) is 28.5 Å². The zero-order chi connectivity index (χ0) is 24.6. The molecule has 4 atom stereocenters. The Bertz CT molecular complexity index is 699. The predicted molar refractivity (Wildman–Crippen MR) is 118 cm³/mol. The van der Waals surface area contributed by atoms with Crippen molar-refractivity contribution in [2.75, 3.05) is 19.8 Å². The summed E-state index contributed by atoms with van der Waals surface area (Å²) in [6, 6.07) is -1.05. The van der Waals surface area contributed by atoms with Crippen LogP contribution in [0.3, 0.4) is 0 Å². The molecule has 0 radical (unpaired) electrons. The summed E-state index contributed by atoms with van der Waals surface area (Å²) in [6.45, 7) is 8.62. The van der Waals surface area contributed by atoms with Crippen molar-refractivity contribution in [2.45, 2.75) is 84.4 Å². The van der Waals surface area contributed by atoms with Crippen LogP contribution in [0.15, 0.2) is 0 Å². The second kappa shape index (κ2) is 12.1. The van der Waals surface area contributed by atoms with Gasteiger partial charge in [0.05, 0.1) is 25.7 Å². The number of carbonyl (C=O) groups excluding carboxylic acids is 4. The number of ether oxygens (including phenoxy) is 4. The first kappa shape index (κ1) is 26.7. The third-order valence-electron chi connectivity index (χ3n) is 5.72. The molecule has 2 saturated carbocycles. The van der Waals surface area contributed by atoms with Crippen LogP contribution in [0.5, 0.6) is 0 Å². The molecule has 0 bridgehead atoms. The number of alkyl carbamates (subject to hydrolysis) is 2. The maximum atomic E-state index is 12.6. The van der Waals surface area contributed by atoms with Crippen molar-refractivity contribution in [3.05, 3.63) is 0 Å². The van der Waals surface area contributed by atoms with E-state index in [4.69, 9.17) is 18.9 Å². The molecule has 0 aromatic rings. The Morgan fingerprint density at radius 1 is 0.909 bits per heavy atom. The van der Waals surface area contributed by atoms with Crippen LogP contribution in [-0.4, -0.2) is 61.6 Å². The zero-order valence-electron chi connectivity index (χ0n) is 20.3. The monoisotopic (exact) mass is 470 g/mol. The lowest BCUT2D eigenvalue weighted by atomic mass is 9.96. The number of hydrogen-bond acceptors (Lipinski definition) is 8. The Morgan fingerprint density at radius 2 is 1.55 bits per heavy atom. The van der Waals surface area contributed by atoms with Crippen molar-refractivity contribution >= 4 is 24.1 Å². The van der Waals surface area contributed by atoms with Crippen LogP contribution in [0.25, 0.3) is 0 Å². The predicted octanol–water partition coefficient (Wildman–Crippen LogP) is 2.93. The average Bonchev–Trinajstić information content (AvgIpc) is 3.44. The first-order valence-electron chi connectivity index (χ1n) is 11.8. The SMILES string of the molecule is CCOC(=O)[C@@H]1[C@@H](COC(=O)NC2CCCCC2)[C@H]1[C@@H](NC(=O)OC(C)(C)C)C(=O)OCC. The molecule has 0 spiro atoms. The van der Waals surface area contributed by atoms with Crippen molar-refractivity contribution in [3.63, 3.8) is 0 Å². The Kier molecular flexibility index (Phi) is 9.79. The van der Waals surface area contributed by atoms with E-state index in [1.165, 1.54) is 0 Å². The number of amides is 2. The summed E-state index contributed by atoms with van der Waals surface area (Å²) in [6.07, 6.45) is 3.77. The number of carbonyl (C=O) groups is 4. The standard InChI is InChI=1S/C23H38N2O8/c1-6-30-19(26)17-15(13-32-21(28)24-14-11-9-8-10-12-14)16(17)18(20(27)31-7-2)25-22(29)33-23(3,4)5/h14-18H,6-13H2,1-5H3,(H,24,28)(H,25,29)/t15-,16+,17+,18+/m0/s1. The Balaban J connectivity index is 2.07. The molecule has 10 heteroatoms. The molecular formula is C23H38N2O8. The fourth-order valence-corrected chi connectivity index (χ4v) is 4.25. The second-order valence-electron chi connectivity index (χ2n) is 9.47. The van der Waals surface area contributed by atoms with Gasteiger partial charge in [-0.05, 0) is 47.5 Å². The van der Waals surface area contributed by atoms with E-state index >= 15 is 0 Å². The zero-order valence-corrected chi connectivity index (χ0v) is 20.3. The average molecular weight is 471 g/mol. The lowest BCUT2D eigenvalue weighted by Crippen LogP contribution is -2.46. The molecule has 0 aromatic heterocycles. The van der Waals surface area contributed by atoms with Gasteiger partial charge in [0, 0.05) is 17.9 Å². The van der Waals surface area contributed by atoms with Crippen molar-refractivity contribution in [2.24, 2.45) is 17.8 Å². The highest BCUT2D eigenvalue weighted by atomic mass is 16.6. The minimum Gasteiger partial charge on any atom is -0.466 e. The van der Waals surface area contributed by atoms with E-state index in [-0.39, 0.29) is 25.9 Å². The Morgan fingerprint density at radius 3 is 2.12 bits per heavy atom. The molecule has 0 unspecified atom stereocenters. The van der Waals surface area contributed by atoms with Crippen LogP contribution in [0.4, 0.5) is 9.59 Å². The molecule has 33 heavy (non-hydrogen) atoms. The summed E-state index contributed by atoms with van der Waals surface area (Å²) >= 11 is 0. The van der Waals surface area contributed by atoms with Gasteiger partial charge >= 0.3 is 24.1 Å². The van der Waals surface area contributed by atoms with Gasteiger partial charge in [-0.15, -0.1) is 0 Å². The first-order chi connectivity index (χ1) is 15.6. The van der Waals surface area contributed by atoms with Crippen LogP contribution >= 0.6 is 0 Å². The molecule has 0 heterocycles. The van der Waals surface area contributed by atoms with Gasteiger partial charge in [0.2, 0.25) is 0 Å². The molecule has 10 nitrogen and oxygen atoms in total.